The SMILES string of the molecule is Cc1nc(COc2c(F)cc(CBr)cc2F)cs1. The van der Waals surface area contributed by atoms with Crippen molar-refractivity contribution in [3.05, 3.63) is 45.4 Å². The lowest BCUT2D eigenvalue weighted by molar-refractivity contribution is 0.270. The summed E-state index contributed by atoms with van der Waals surface area (Å²) in [7, 11) is 0. The van der Waals surface area contributed by atoms with Crippen LogP contribution in [-0.2, 0) is 11.9 Å². The van der Waals surface area contributed by atoms with Crippen molar-refractivity contribution >= 4 is 27.3 Å². The normalized spacial score (nSPS) is 10.7. The molecule has 96 valence electrons. The van der Waals surface area contributed by atoms with Crippen LogP contribution in [0.5, 0.6) is 5.75 Å². The zero-order valence-electron chi connectivity index (χ0n) is 9.54. The number of ether oxygens (including phenoxy) is 1. The first-order valence-electron chi connectivity index (χ1n) is 5.18. The van der Waals surface area contributed by atoms with Gasteiger partial charge in [-0.1, -0.05) is 15.9 Å². The quantitative estimate of drug-likeness (QED) is 0.782. The van der Waals surface area contributed by atoms with Crippen molar-refractivity contribution in [3.63, 3.8) is 0 Å². The fourth-order valence-electron chi connectivity index (χ4n) is 1.45. The molecule has 0 amide bonds. The number of alkyl halides is 1. The molecule has 0 aliphatic carbocycles. The number of rotatable bonds is 4. The van der Waals surface area contributed by atoms with Gasteiger partial charge in [-0.2, -0.15) is 0 Å². The van der Waals surface area contributed by atoms with Crippen molar-refractivity contribution in [2.24, 2.45) is 0 Å². The summed E-state index contributed by atoms with van der Waals surface area (Å²) in [5.74, 6) is -1.75. The zero-order chi connectivity index (χ0) is 13.1. The first kappa shape index (κ1) is 13.4. The van der Waals surface area contributed by atoms with Gasteiger partial charge in [0, 0.05) is 10.7 Å². The first-order chi connectivity index (χ1) is 8.60. The van der Waals surface area contributed by atoms with Crippen LogP contribution in [0.25, 0.3) is 0 Å². The van der Waals surface area contributed by atoms with E-state index in [2.05, 4.69) is 20.9 Å². The molecule has 1 heterocycles. The second kappa shape index (κ2) is 5.75. The van der Waals surface area contributed by atoms with Crippen molar-refractivity contribution in [1.29, 1.82) is 0 Å². The fraction of sp³-hybridized carbons (Fsp3) is 0.250. The van der Waals surface area contributed by atoms with Crippen molar-refractivity contribution in [2.75, 3.05) is 0 Å². The second-order valence-corrected chi connectivity index (χ2v) is 5.29. The number of aryl methyl sites for hydroxylation is 1. The number of hydrogen-bond donors (Lipinski definition) is 0. The van der Waals surface area contributed by atoms with Gasteiger partial charge in [0.25, 0.3) is 0 Å². The average molecular weight is 334 g/mol. The van der Waals surface area contributed by atoms with E-state index in [-0.39, 0.29) is 12.4 Å². The summed E-state index contributed by atoms with van der Waals surface area (Å²) in [5.41, 5.74) is 1.20. The summed E-state index contributed by atoms with van der Waals surface area (Å²) in [6.45, 7) is 1.92. The number of halogens is 3. The van der Waals surface area contributed by atoms with E-state index in [9.17, 15) is 8.78 Å². The highest BCUT2D eigenvalue weighted by molar-refractivity contribution is 9.08. The second-order valence-electron chi connectivity index (χ2n) is 3.67. The summed E-state index contributed by atoms with van der Waals surface area (Å²) in [6, 6.07) is 2.50. The minimum absolute atomic E-state index is 0.0613. The molecule has 0 spiro atoms. The van der Waals surface area contributed by atoms with E-state index in [1.807, 2.05) is 6.92 Å². The Morgan fingerprint density at radius 1 is 1.33 bits per heavy atom. The maximum atomic E-state index is 13.6. The lowest BCUT2D eigenvalue weighted by Gasteiger charge is -2.08. The Labute approximate surface area is 116 Å². The molecule has 6 heteroatoms. The largest absolute Gasteiger partial charge is 0.481 e. The van der Waals surface area contributed by atoms with Gasteiger partial charge in [0.1, 0.15) is 6.61 Å². The molecule has 0 radical (unpaired) electrons. The van der Waals surface area contributed by atoms with E-state index >= 15 is 0 Å². The van der Waals surface area contributed by atoms with Gasteiger partial charge in [-0.15, -0.1) is 11.3 Å². The van der Waals surface area contributed by atoms with E-state index in [0.717, 1.165) is 5.01 Å². The molecule has 2 rings (SSSR count). The van der Waals surface area contributed by atoms with Crippen molar-refractivity contribution in [3.8, 4) is 5.75 Å². The van der Waals surface area contributed by atoms with Gasteiger partial charge in [0.05, 0.1) is 10.7 Å². The molecule has 1 aromatic heterocycles. The molecule has 0 unspecified atom stereocenters. The molecule has 18 heavy (non-hydrogen) atoms. The Balaban J connectivity index is 2.14. The Hall–Kier alpha value is -1.01. The molecule has 2 aromatic rings. The third kappa shape index (κ3) is 3.05. The highest BCUT2D eigenvalue weighted by atomic mass is 79.9. The molecule has 0 N–H and O–H groups in total. The van der Waals surface area contributed by atoms with Crippen LogP contribution in [0.4, 0.5) is 8.78 Å². The van der Waals surface area contributed by atoms with Crippen molar-refractivity contribution in [2.45, 2.75) is 18.9 Å². The number of benzene rings is 1. The molecule has 0 atom stereocenters. The molecule has 0 fully saturated rings. The van der Waals surface area contributed by atoms with Crippen LogP contribution >= 0.6 is 27.3 Å². The van der Waals surface area contributed by atoms with Crippen LogP contribution in [0, 0.1) is 18.6 Å². The van der Waals surface area contributed by atoms with Crippen molar-refractivity contribution < 1.29 is 13.5 Å². The summed E-state index contributed by atoms with van der Waals surface area (Å²) < 4.78 is 32.3. The number of thiazole rings is 1. The molecule has 0 aliphatic rings. The van der Waals surface area contributed by atoms with Crippen LogP contribution in [0.2, 0.25) is 0 Å². The standard InChI is InChI=1S/C12H10BrF2NOS/c1-7-16-9(6-18-7)5-17-12-10(14)2-8(4-13)3-11(12)15/h2-3,6H,4-5H2,1H3. The molecular formula is C12H10BrF2NOS. The van der Waals surface area contributed by atoms with E-state index in [1.54, 1.807) is 5.38 Å². The summed E-state index contributed by atoms with van der Waals surface area (Å²) in [6.07, 6.45) is 0. The van der Waals surface area contributed by atoms with Gasteiger partial charge in [-0.25, -0.2) is 13.8 Å². The van der Waals surface area contributed by atoms with Crippen LogP contribution in [-0.4, -0.2) is 4.98 Å². The summed E-state index contributed by atoms with van der Waals surface area (Å²) >= 11 is 4.62. The molecule has 2 nitrogen and oxygen atoms in total. The average Bonchev–Trinajstić information content (AvgIpc) is 2.73. The summed E-state index contributed by atoms with van der Waals surface area (Å²) in [5, 5.41) is 3.09. The van der Waals surface area contributed by atoms with Crippen LogP contribution in [0.1, 0.15) is 16.3 Å². The third-order valence-corrected chi connectivity index (χ3v) is 3.71. The van der Waals surface area contributed by atoms with E-state index < -0.39 is 11.6 Å². The first-order valence-corrected chi connectivity index (χ1v) is 7.18. The maximum absolute atomic E-state index is 13.6. The highest BCUT2D eigenvalue weighted by Gasteiger charge is 2.13. The minimum Gasteiger partial charge on any atom is -0.481 e. The molecule has 1 aromatic carbocycles. The van der Waals surface area contributed by atoms with E-state index in [0.29, 0.717) is 16.6 Å². The fourth-order valence-corrected chi connectivity index (χ4v) is 2.37. The lowest BCUT2D eigenvalue weighted by atomic mass is 10.2. The van der Waals surface area contributed by atoms with Crippen LogP contribution in [0.15, 0.2) is 17.5 Å². The van der Waals surface area contributed by atoms with Gasteiger partial charge in [-0.3, -0.25) is 0 Å². The van der Waals surface area contributed by atoms with E-state index in [1.165, 1.54) is 23.5 Å². The van der Waals surface area contributed by atoms with Gasteiger partial charge in [0.15, 0.2) is 17.4 Å². The Bertz CT molecular complexity index is 536. The monoisotopic (exact) mass is 333 g/mol. The number of aromatic nitrogens is 1. The van der Waals surface area contributed by atoms with Gasteiger partial charge in [-0.05, 0) is 24.6 Å². The molecule has 0 bridgehead atoms. The number of hydrogen-bond acceptors (Lipinski definition) is 3. The Morgan fingerprint density at radius 3 is 2.50 bits per heavy atom. The Morgan fingerprint density at radius 2 is 2.00 bits per heavy atom. The molecule has 0 saturated heterocycles. The zero-order valence-corrected chi connectivity index (χ0v) is 11.9. The van der Waals surface area contributed by atoms with Gasteiger partial charge < -0.3 is 4.74 Å². The highest BCUT2D eigenvalue weighted by Crippen LogP contribution is 2.25. The smallest absolute Gasteiger partial charge is 0.191 e. The van der Waals surface area contributed by atoms with Gasteiger partial charge in [0.2, 0.25) is 0 Å². The maximum Gasteiger partial charge on any atom is 0.191 e. The van der Waals surface area contributed by atoms with E-state index in [4.69, 9.17) is 4.74 Å². The summed E-state index contributed by atoms with van der Waals surface area (Å²) in [4.78, 5) is 4.16. The predicted molar refractivity (Wildman–Crippen MR) is 70.2 cm³/mol. The van der Waals surface area contributed by atoms with Crippen LogP contribution < -0.4 is 4.74 Å². The third-order valence-electron chi connectivity index (χ3n) is 2.24. The molecule has 0 aliphatic heterocycles. The predicted octanol–water partition coefficient (Wildman–Crippen LogP) is 4.20. The lowest BCUT2D eigenvalue weighted by Crippen LogP contribution is -2.01. The van der Waals surface area contributed by atoms with Crippen LogP contribution in [0.3, 0.4) is 0 Å². The number of nitrogens with zero attached hydrogens (tertiary/aromatic N) is 1. The van der Waals surface area contributed by atoms with Crippen molar-refractivity contribution in [1.82, 2.24) is 4.98 Å². The minimum atomic E-state index is -0.698. The molecule has 0 saturated carbocycles. The molecular weight excluding hydrogens is 324 g/mol. The topological polar surface area (TPSA) is 22.1 Å². The Kier molecular flexibility index (Phi) is 4.29. The van der Waals surface area contributed by atoms with Gasteiger partial charge >= 0.3 is 0 Å².